The van der Waals surface area contributed by atoms with Gasteiger partial charge in [0, 0.05) is 18.0 Å². The number of nitrogens with zero attached hydrogens (tertiary/aromatic N) is 1. The van der Waals surface area contributed by atoms with Crippen molar-refractivity contribution in [3.05, 3.63) is 41.2 Å². The fraction of sp³-hybridized carbons (Fsp3) is 0.500. The van der Waals surface area contributed by atoms with Crippen LogP contribution in [-0.4, -0.2) is 24.0 Å². The Morgan fingerprint density at radius 1 is 1.17 bits per heavy atom. The molecular formula is C16H22FN. The van der Waals surface area contributed by atoms with Gasteiger partial charge in [0.25, 0.3) is 0 Å². The fourth-order valence-corrected chi connectivity index (χ4v) is 2.93. The Hall–Kier alpha value is -1.15. The first-order valence-electron chi connectivity index (χ1n) is 6.89. The van der Waals surface area contributed by atoms with Gasteiger partial charge in [0.05, 0.1) is 0 Å². The van der Waals surface area contributed by atoms with E-state index in [1.165, 1.54) is 5.56 Å². The molecule has 0 spiro atoms. The van der Waals surface area contributed by atoms with Gasteiger partial charge in [0.2, 0.25) is 0 Å². The largest absolute Gasteiger partial charge is 0.297 e. The second kappa shape index (κ2) is 5.66. The molecule has 0 bridgehead atoms. The Bertz CT molecular complexity index is 446. The van der Waals surface area contributed by atoms with Gasteiger partial charge in [-0.3, -0.25) is 4.90 Å². The summed E-state index contributed by atoms with van der Waals surface area (Å²) in [5, 5.41) is 0. The molecule has 0 aliphatic heterocycles. The maximum Gasteiger partial charge on any atom is 0.106 e. The first-order valence-corrected chi connectivity index (χ1v) is 6.89. The van der Waals surface area contributed by atoms with E-state index in [0.29, 0.717) is 6.42 Å². The highest BCUT2D eigenvalue weighted by Gasteiger charge is 2.25. The Morgan fingerprint density at radius 2 is 1.83 bits per heavy atom. The fourth-order valence-electron chi connectivity index (χ4n) is 2.93. The Balaban J connectivity index is 2.41. The van der Waals surface area contributed by atoms with Crippen LogP contribution >= 0.6 is 0 Å². The highest BCUT2D eigenvalue weighted by molar-refractivity contribution is 5.75. The van der Waals surface area contributed by atoms with E-state index in [9.17, 15) is 4.39 Å². The molecule has 0 heterocycles. The molecule has 2 heteroatoms. The van der Waals surface area contributed by atoms with Crippen molar-refractivity contribution in [3.8, 4) is 0 Å². The number of benzene rings is 1. The quantitative estimate of drug-likeness (QED) is 0.776. The molecule has 0 saturated heterocycles. The molecule has 0 N–H and O–H groups in total. The normalized spacial score (nSPS) is 16.9. The highest BCUT2D eigenvalue weighted by Crippen LogP contribution is 2.35. The number of allylic oxidation sites excluding steroid dienone is 1. The highest BCUT2D eigenvalue weighted by atomic mass is 19.1. The van der Waals surface area contributed by atoms with Gasteiger partial charge in [-0.2, -0.15) is 0 Å². The maximum atomic E-state index is 14.3. The molecule has 1 aliphatic rings. The second-order valence-corrected chi connectivity index (χ2v) is 4.87. The van der Waals surface area contributed by atoms with Gasteiger partial charge in [-0.05, 0) is 37.6 Å². The number of rotatable bonds is 4. The first kappa shape index (κ1) is 13.3. The molecule has 1 nitrogen and oxygen atoms in total. The van der Waals surface area contributed by atoms with Crippen LogP contribution in [0.5, 0.6) is 0 Å². The van der Waals surface area contributed by atoms with Crippen LogP contribution in [0, 0.1) is 0 Å². The number of halogens is 1. The third-order valence-corrected chi connectivity index (χ3v) is 3.99. The molecule has 1 aliphatic carbocycles. The van der Waals surface area contributed by atoms with Crippen molar-refractivity contribution < 1.29 is 4.39 Å². The minimum absolute atomic E-state index is 0.0769. The smallest absolute Gasteiger partial charge is 0.106 e. The topological polar surface area (TPSA) is 3.24 Å². The predicted octanol–water partition coefficient (Wildman–Crippen LogP) is 4.04. The Kier molecular flexibility index (Phi) is 4.18. The van der Waals surface area contributed by atoms with Gasteiger partial charge in [-0.1, -0.05) is 38.1 Å². The number of likely N-dealkylation sites (N-methyl/N-ethyl adjacent to an activating group) is 1. The van der Waals surface area contributed by atoms with Crippen molar-refractivity contribution in [1.29, 1.82) is 0 Å². The molecule has 0 amide bonds. The number of hydrogen-bond donors (Lipinski definition) is 0. The number of fused-ring (bicyclic) bond motifs is 1. The lowest BCUT2D eigenvalue weighted by Gasteiger charge is -2.32. The van der Waals surface area contributed by atoms with Gasteiger partial charge in [-0.15, -0.1) is 0 Å². The van der Waals surface area contributed by atoms with Crippen molar-refractivity contribution in [2.24, 2.45) is 0 Å². The summed E-state index contributed by atoms with van der Waals surface area (Å²) in [6.07, 6.45) is 1.38. The Morgan fingerprint density at radius 3 is 2.50 bits per heavy atom. The average molecular weight is 247 g/mol. The molecule has 1 aromatic rings. The van der Waals surface area contributed by atoms with Gasteiger partial charge >= 0.3 is 0 Å². The second-order valence-electron chi connectivity index (χ2n) is 4.87. The summed E-state index contributed by atoms with van der Waals surface area (Å²) in [5.41, 5.74) is 3.30. The molecule has 2 rings (SSSR count). The summed E-state index contributed by atoms with van der Waals surface area (Å²) < 4.78 is 14.3. The lowest BCUT2D eigenvalue weighted by molar-refractivity contribution is 0.272. The molecule has 18 heavy (non-hydrogen) atoms. The number of aryl methyl sites for hydroxylation is 1. The lowest BCUT2D eigenvalue weighted by Crippen LogP contribution is -2.34. The van der Waals surface area contributed by atoms with E-state index < -0.39 is 0 Å². The van der Waals surface area contributed by atoms with Crippen molar-refractivity contribution >= 4 is 5.57 Å². The SMILES string of the molecule is CCN(CC)C(C)C1=C(F)CCc2ccccc21. The zero-order valence-corrected chi connectivity index (χ0v) is 11.5. The molecule has 1 aromatic carbocycles. The molecule has 98 valence electrons. The monoisotopic (exact) mass is 247 g/mol. The van der Waals surface area contributed by atoms with Crippen molar-refractivity contribution in [1.82, 2.24) is 4.90 Å². The van der Waals surface area contributed by atoms with Gasteiger partial charge in [0.15, 0.2) is 0 Å². The first-order chi connectivity index (χ1) is 8.69. The maximum absolute atomic E-state index is 14.3. The molecule has 1 unspecified atom stereocenters. The Labute approximate surface area is 109 Å². The van der Waals surface area contributed by atoms with E-state index in [-0.39, 0.29) is 11.9 Å². The third-order valence-electron chi connectivity index (χ3n) is 3.99. The average Bonchev–Trinajstić information content (AvgIpc) is 2.39. The molecule has 0 radical (unpaired) electrons. The summed E-state index contributed by atoms with van der Waals surface area (Å²) in [4.78, 5) is 2.30. The van der Waals surface area contributed by atoms with E-state index in [1.54, 1.807) is 0 Å². The minimum Gasteiger partial charge on any atom is -0.297 e. The van der Waals surface area contributed by atoms with Gasteiger partial charge in [-0.25, -0.2) is 4.39 Å². The summed E-state index contributed by atoms with van der Waals surface area (Å²) in [6.45, 7) is 8.29. The van der Waals surface area contributed by atoms with Crippen molar-refractivity contribution in [2.45, 2.75) is 39.7 Å². The summed E-state index contributed by atoms with van der Waals surface area (Å²) in [5.74, 6) is 0.0769. The zero-order chi connectivity index (χ0) is 13.1. The number of hydrogen-bond acceptors (Lipinski definition) is 1. The van der Waals surface area contributed by atoms with Crippen LogP contribution in [0.2, 0.25) is 0 Å². The van der Waals surface area contributed by atoms with Gasteiger partial charge < -0.3 is 0 Å². The van der Waals surface area contributed by atoms with Crippen LogP contribution in [-0.2, 0) is 6.42 Å². The summed E-state index contributed by atoms with van der Waals surface area (Å²) in [7, 11) is 0. The lowest BCUT2D eigenvalue weighted by atomic mass is 9.86. The standard InChI is InChI=1S/C16H22FN/c1-4-18(5-2)12(3)16-14-9-7-6-8-13(14)10-11-15(16)17/h6-9,12H,4-5,10-11H2,1-3H3. The van der Waals surface area contributed by atoms with E-state index in [4.69, 9.17) is 0 Å². The molecule has 1 atom stereocenters. The van der Waals surface area contributed by atoms with E-state index in [1.807, 2.05) is 12.1 Å². The van der Waals surface area contributed by atoms with Gasteiger partial charge in [0.1, 0.15) is 5.83 Å². The predicted molar refractivity (Wildman–Crippen MR) is 75.2 cm³/mol. The molecule has 0 fully saturated rings. The summed E-state index contributed by atoms with van der Waals surface area (Å²) >= 11 is 0. The molecular weight excluding hydrogens is 225 g/mol. The zero-order valence-electron chi connectivity index (χ0n) is 11.5. The molecule has 0 aromatic heterocycles. The van der Waals surface area contributed by atoms with Crippen LogP contribution in [0.25, 0.3) is 5.57 Å². The summed E-state index contributed by atoms with van der Waals surface area (Å²) in [6, 6.07) is 8.38. The van der Waals surface area contributed by atoms with E-state index in [0.717, 1.165) is 30.6 Å². The van der Waals surface area contributed by atoms with E-state index in [2.05, 4.69) is 37.8 Å². The molecule has 0 saturated carbocycles. The van der Waals surface area contributed by atoms with E-state index >= 15 is 0 Å². The van der Waals surface area contributed by atoms with Crippen LogP contribution in [0.4, 0.5) is 4.39 Å². The third kappa shape index (κ3) is 2.35. The van der Waals surface area contributed by atoms with Crippen LogP contribution in [0.15, 0.2) is 30.1 Å². The van der Waals surface area contributed by atoms with Crippen LogP contribution in [0.3, 0.4) is 0 Å². The van der Waals surface area contributed by atoms with Crippen LogP contribution < -0.4 is 0 Å². The van der Waals surface area contributed by atoms with Crippen molar-refractivity contribution in [3.63, 3.8) is 0 Å². The van der Waals surface area contributed by atoms with Crippen molar-refractivity contribution in [2.75, 3.05) is 13.1 Å². The minimum atomic E-state index is 0.0769. The van der Waals surface area contributed by atoms with Crippen LogP contribution in [0.1, 0.15) is 38.3 Å².